The summed E-state index contributed by atoms with van der Waals surface area (Å²) in [5.74, 6) is 0. The van der Waals surface area contributed by atoms with Crippen LogP contribution in [0.25, 0.3) is 0 Å². The molecule has 0 amide bonds. The van der Waals surface area contributed by atoms with Crippen molar-refractivity contribution in [1.82, 2.24) is 5.73 Å². The predicted molar refractivity (Wildman–Crippen MR) is 96.7 cm³/mol. The van der Waals surface area contributed by atoms with Gasteiger partial charge in [-0.05, 0) is 11.8 Å². The normalized spacial score (nSPS) is 12.0. The van der Waals surface area contributed by atoms with Crippen molar-refractivity contribution in [2.24, 2.45) is 5.41 Å². The topological polar surface area (TPSA) is 23.8 Å². The van der Waals surface area contributed by atoms with Crippen molar-refractivity contribution in [1.29, 1.82) is 0 Å². The maximum atomic E-state index is 7.48. The summed E-state index contributed by atoms with van der Waals surface area (Å²) in [5, 5.41) is 0. The molecule has 21 heavy (non-hydrogen) atoms. The van der Waals surface area contributed by atoms with Crippen molar-refractivity contribution < 1.29 is 0 Å². The highest BCUT2D eigenvalue weighted by molar-refractivity contribution is 4.68. The average molecular weight is 297 g/mol. The van der Waals surface area contributed by atoms with Gasteiger partial charge in [0.25, 0.3) is 0 Å². The second-order valence-corrected chi connectivity index (χ2v) is 7.69. The minimum absolute atomic E-state index is 0.247. The largest absolute Gasteiger partial charge is 0.257 e. The van der Waals surface area contributed by atoms with E-state index in [9.17, 15) is 0 Å². The van der Waals surface area contributed by atoms with Gasteiger partial charge >= 0.3 is 0 Å². The van der Waals surface area contributed by atoms with Gasteiger partial charge in [0.2, 0.25) is 0 Å². The summed E-state index contributed by atoms with van der Waals surface area (Å²) >= 11 is 0. The predicted octanol–water partition coefficient (Wildman–Crippen LogP) is 7.17. The molecule has 0 heterocycles. The first kappa shape index (κ1) is 21.0. The van der Waals surface area contributed by atoms with Crippen molar-refractivity contribution >= 4 is 0 Å². The van der Waals surface area contributed by atoms with Crippen molar-refractivity contribution in [3.8, 4) is 0 Å². The van der Waals surface area contributed by atoms with Crippen LogP contribution in [0.15, 0.2) is 0 Å². The van der Waals surface area contributed by atoms with Crippen LogP contribution in [0.2, 0.25) is 0 Å². The van der Waals surface area contributed by atoms with E-state index >= 15 is 0 Å². The maximum absolute atomic E-state index is 7.48. The zero-order valence-corrected chi connectivity index (χ0v) is 15.3. The Kier molecular flexibility index (Phi) is 14.9. The van der Waals surface area contributed by atoms with Gasteiger partial charge in [-0.2, -0.15) is 0 Å². The van der Waals surface area contributed by atoms with E-state index in [4.69, 9.17) is 5.73 Å². The first-order valence-electron chi connectivity index (χ1n) is 9.77. The lowest BCUT2D eigenvalue weighted by molar-refractivity contribution is 0.326. The van der Waals surface area contributed by atoms with Gasteiger partial charge in [-0.15, -0.1) is 0 Å². The highest BCUT2D eigenvalue weighted by Crippen LogP contribution is 2.23. The van der Waals surface area contributed by atoms with Crippen LogP contribution in [0.3, 0.4) is 0 Å². The van der Waals surface area contributed by atoms with Gasteiger partial charge in [0, 0.05) is 6.54 Å². The van der Waals surface area contributed by atoms with Crippen molar-refractivity contribution in [2.75, 3.05) is 6.54 Å². The highest BCUT2D eigenvalue weighted by Gasteiger charge is 2.14. The molecule has 0 rings (SSSR count). The summed E-state index contributed by atoms with van der Waals surface area (Å²) in [4.78, 5) is 0. The summed E-state index contributed by atoms with van der Waals surface area (Å²) < 4.78 is 0. The van der Waals surface area contributed by atoms with E-state index in [0.717, 1.165) is 0 Å². The molecule has 0 atom stereocenters. The van der Waals surface area contributed by atoms with E-state index in [1.807, 2.05) is 0 Å². The first-order chi connectivity index (χ1) is 10.1. The summed E-state index contributed by atoms with van der Waals surface area (Å²) in [6.07, 6.45) is 21.2. The van der Waals surface area contributed by atoms with E-state index in [0.29, 0.717) is 6.54 Å². The van der Waals surface area contributed by atoms with Gasteiger partial charge < -0.3 is 0 Å². The van der Waals surface area contributed by atoms with Gasteiger partial charge in [-0.25, -0.2) is 0 Å². The van der Waals surface area contributed by atoms with Crippen LogP contribution < -0.4 is 5.73 Å². The molecule has 0 fully saturated rings. The van der Waals surface area contributed by atoms with Crippen LogP contribution in [0, 0.1) is 5.41 Å². The molecule has 127 valence electrons. The monoisotopic (exact) mass is 296 g/mol. The minimum Gasteiger partial charge on any atom is -0.257 e. The van der Waals surface area contributed by atoms with Gasteiger partial charge in [0.1, 0.15) is 0 Å². The van der Waals surface area contributed by atoms with Crippen LogP contribution in [0.5, 0.6) is 0 Å². The number of hydrogen-bond donors (Lipinski definition) is 0. The Morgan fingerprint density at radius 2 is 0.905 bits per heavy atom. The van der Waals surface area contributed by atoms with Gasteiger partial charge in [-0.1, -0.05) is 111 Å². The Balaban J connectivity index is 3.06. The van der Waals surface area contributed by atoms with Crippen LogP contribution in [0.4, 0.5) is 0 Å². The van der Waals surface area contributed by atoms with Crippen LogP contribution >= 0.6 is 0 Å². The molecule has 0 saturated heterocycles. The summed E-state index contributed by atoms with van der Waals surface area (Å²) in [6.45, 7) is 7.31. The number of hydrogen-bond acceptors (Lipinski definition) is 0. The summed E-state index contributed by atoms with van der Waals surface area (Å²) in [7, 11) is 0. The smallest absolute Gasteiger partial charge is 0.0151 e. The Bertz CT molecular complexity index is 198. The molecule has 0 aromatic carbocycles. The van der Waals surface area contributed by atoms with Crippen molar-refractivity contribution in [3.63, 3.8) is 0 Å². The highest BCUT2D eigenvalue weighted by atomic mass is 14.6. The molecule has 0 aromatic rings. The van der Waals surface area contributed by atoms with Gasteiger partial charge in [-0.3, -0.25) is 5.73 Å². The second kappa shape index (κ2) is 14.9. The van der Waals surface area contributed by atoms with Crippen LogP contribution in [-0.2, 0) is 0 Å². The minimum atomic E-state index is 0.247. The number of nitrogens with one attached hydrogen (secondary N) is 1. The fourth-order valence-corrected chi connectivity index (χ4v) is 2.89. The molecule has 0 aliphatic carbocycles. The molecule has 0 aliphatic heterocycles. The lowest BCUT2D eigenvalue weighted by Crippen LogP contribution is -2.17. The molecule has 0 bridgehead atoms. The number of rotatable bonds is 16. The lowest BCUT2D eigenvalue weighted by atomic mass is 9.87. The molecular weight excluding hydrogens is 254 g/mol. The Morgan fingerprint density at radius 1 is 0.571 bits per heavy atom. The molecule has 0 saturated carbocycles. The molecule has 0 spiro atoms. The second-order valence-electron chi connectivity index (χ2n) is 7.69. The zero-order valence-electron chi connectivity index (χ0n) is 15.3. The third-order valence-electron chi connectivity index (χ3n) is 4.69. The van der Waals surface area contributed by atoms with Crippen LogP contribution in [0.1, 0.15) is 117 Å². The van der Waals surface area contributed by atoms with E-state index in [1.165, 1.54) is 96.3 Å². The summed E-state index contributed by atoms with van der Waals surface area (Å²) in [6, 6.07) is 0. The Morgan fingerprint density at radius 3 is 1.24 bits per heavy atom. The van der Waals surface area contributed by atoms with Crippen molar-refractivity contribution in [2.45, 2.75) is 117 Å². The van der Waals surface area contributed by atoms with E-state index in [2.05, 4.69) is 20.8 Å². The SMILES string of the molecule is CCCCCCCCCCCCCCCCC(C)(C)C[NH]. The Labute approximate surface area is 135 Å². The van der Waals surface area contributed by atoms with Crippen LogP contribution in [-0.4, -0.2) is 6.54 Å². The fourth-order valence-electron chi connectivity index (χ4n) is 2.89. The van der Waals surface area contributed by atoms with Gasteiger partial charge in [0.05, 0.1) is 0 Å². The third kappa shape index (κ3) is 16.2. The average Bonchev–Trinajstić information content (AvgIpc) is 2.47. The zero-order chi connectivity index (χ0) is 15.8. The molecule has 0 unspecified atom stereocenters. The van der Waals surface area contributed by atoms with Gasteiger partial charge in [0.15, 0.2) is 0 Å². The number of unbranched alkanes of at least 4 members (excludes halogenated alkanes) is 13. The lowest BCUT2D eigenvalue weighted by Gasteiger charge is -2.21. The third-order valence-corrected chi connectivity index (χ3v) is 4.69. The summed E-state index contributed by atoms with van der Waals surface area (Å²) in [5.41, 5.74) is 7.73. The van der Waals surface area contributed by atoms with E-state index in [-0.39, 0.29) is 5.41 Å². The van der Waals surface area contributed by atoms with E-state index in [1.54, 1.807) is 0 Å². The molecule has 0 aliphatic rings. The fraction of sp³-hybridized carbons (Fsp3) is 1.00. The molecule has 0 aromatic heterocycles. The molecule has 1 N–H and O–H groups in total. The van der Waals surface area contributed by atoms with Crippen molar-refractivity contribution in [3.05, 3.63) is 0 Å². The molecule has 1 radical (unpaired) electrons. The first-order valence-corrected chi connectivity index (χ1v) is 9.77. The standard InChI is InChI=1S/C20H42N/c1-4-5-6-7-8-9-10-11-12-13-14-15-16-17-18-20(2,3)19-21/h21H,4-19H2,1-3H3. The molecule has 1 heteroatoms. The molecule has 1 nitrogen and oxygen atoms in total. The quantitative estimate of drug-likeness (QED) is 0.270. The molecular formula is C20H42N. The maximum Gasteiger partial charge on any atom is 0.0151 e. The Hall–Kier alpha value is -0.0400. The van der Waals surface area contributed by atoms with E-state index < -0.39 is 0 Å².